The van der Waals surface area contributed by atoms with E-state index in [-0.39, 0.29) is 12.1 Å². The number of methoxy groups -OCH3 is 1. The fourth-order valence-electron chi connectivity index (χ4n) is 1.79. The topological polar surface area (TPSA) is 35.5 Å². The molecule has 1 aliphatic rings. The van der Waals surface area contributed by atoms with Crippen molar-refractivity contribution < 1.29 is 14.3 Å². The quantitative estimate of drug-likeness (QED) is 0.694. The smallest absolute Gasteiger partial charge is 0.309 e. The van der Waals surface area contributed by atoms with Crippen LogP contribution in [0.3, 0.4) is 0 Å². The molecule has 0 spiro atoms. The Bertz CT molecular complexity index is 360. The number of rotatable bonds is 2. The lowest BCUT2D eigenvalue weighted by Gasteiger charge is -2.25. The first-order chi connectivity index (χ1) is 7.29. The molecule has 1 aliphatic heterocycles. The number of ether oxygens (including phenoxy) is 2. The summed E-state index contributed by atoms with van der Waals surface area (Å²) >= 11 is 0. The van der Waals surface area contributed by atoms with E-state index in [1.807, 2.05) is 18.2 Å². The van der Waals surface area contributed by atoms with Gasteiger partial charge in [0, 0.05) is 0 Å². The van der Waals surface area contributed by atoms with Crippen molar-refractivity contribution >= 4 is 5.97 Å². The van der Waals surface area contributed by atoms with Crippen LogP contribution < -0.4 is 4.74 Å². The summed E-state index contributed by atoms with van der Waals surface area (Å²) in [6.07, 6.45) is 2.15. The average molecular weight is 206 g/mol. The number of para-hydroxylation sites is 1. The highest BCUT2D eigenvalue weighted by atomic mass is 16.5. The lowest BCUT2D eigenvalue weighted by molar-refractivity contribution is -0.142. The Balaban J connectivity index is 2.02. The minimum atomic E-state index is -0.209. The van der Waals surface area contributed by atoms with Gasteiger partial charge in [0.1, 0.15) is 11.9 Å². The van der Waals surface area contributed by atoms with Crippen molar-refractivity contribution in [2.45, 2.75) is 25.4 Å². The number of fused-ring (bicyclic) bond motifs is 1. The maximum absolute atomic E-state index is 11.1. The van der Waals surface area contributed by atoms with Crippen LogP contribution in [0, 0.1) is 0 Å². The van der Waals surface area contributed by atoms with Crippen molar-refractivity contribution in [3.63, 3.8) is 0 Å². The third kappa shape index (κ3) is 2.29. The maximum atomic E-state index is 11.1. The van der Waals surface area contributed by atoms with E-state index in [1.54, 1.807) is 0 Å². The highest BCUT2D eigenvalue weighted by Crippen LogP contribution is 2.28. The molecule has 0 radical (unpaired) electrons. The number of hydrogen-bond donors (Lipinski definition) is 0. The molecule has 0 amide bonds. The van der Waals surface area contributed by atoms with E-state index in [1.165, 1.54) is 12.7 Å². The van der Waals surface area contributed by atoms with Crippen molar-refractivity contribution in [2.75, 3.05) is 7.11 Å². The molecule has 15 heavy (non-hydrogen) atoms. The second-order valence-electron chi connectivity index (χ2n) is 3.67. The van der Waals surface area contributed by atoms with Crippen molar-refractivity contribution in [2.24, 2.45) is 0 Å². The summed E-state index contributed by atoms with van der Waals surface area (Å²) in [7, 11) is 1.40. The minimum absolute atomic E-state index is 0.0349. The summed E-state index contributed by atoms with van der Waals surface area (Å²) in [5.74, 6) is 0.692. The molecular weight excluding hydrogens is 192 g/mol. The minimum Gasteiger partial charge on any atom is -0.490 e. The summed E-state index contributed by atoms with van der Waals surface area (Å²) in [5, 5.41) is 0. The van der Waals surface area contributed by atoms with Crippen molar-refractivity contribution in [3.05, 3.63) is 29.8 Å². The first-order valence-corrected chi connectivity index (χ1v) is 5.11. The van der Waals surface area contributed by atoms with Gasteiger partial charge in [-0.25, -0.2) is 0 Å². The third-order valence-electron chi connectivity index (χ3n) is 2.62. The van der Waals surface area contributed by atoms with Crippen LogP contribution in [0.2, 0.25) is 0 Å². The number of carbonyl (C=O) groups is 1. The second kappa shape index (κ2) is 4.34. The van der Waals surface area contributed by atoms with Crippen LogP contribution in [0.4, 0.5) is 0 Å². The molecule has 1 atom stereocenters. The van der Waals surface area contributed by atoms with Gasteiger partial charge in [-0.05, 0) is 24.5 Å². The van der Waals surface area contributed by atoms with Crippen LogP contribution >= 0.6 is 0 Å². The van der Waals surface area contributed by atoms with Crippen LogP contribution in [0.25, 0.3) is 0 Å². The SMILES string of the molecule is COC(=O)C[C@@H]1CCc2ccccc2O1. The highest BCUT2D eigenvalue weighted by molar-refractivity contribution is 5.69. The fraction of sp³-hybridized carbons (Fsp3) is 0.417. The molecule has 0 aromatic heterocycles. The Morgan fingerprint density at radius 3 is 3.13 bits per heavy atom. The molecule has 1 aromatic rings. The molecule has 1 aromatic carbocycles. The molecule has 3 heteroatoms. The average Bonchev–Trinajstić information content (AvgIpc) is 2.29. The van der Waals surface area contributed by atoms with Gasteiger partial charge in [0.05, 0.1) is 13.5 Å². The zero-order chi connectivity index (χ0) is 10.7. The molecule has 0 saturated heterocycles. The van der Waals surface area contributed by atoms with Gasteiger partial charge in [0.2, 0.25) is 0 Å². The van der Waals surface area contributed by atoms with Gasteiger partial charge in [0.25, 0.3) is 0 Å². The second-order valence-corrected chi connectivity index (χ2v) is 3.67. The van der Waals surface area contributed by atoms with E-state index in [0.717, 1.165) is 18.6 Å². The van der Waals surface area contributed by atoms with Crippen LogP contribution in [-0.4, -0.2) is 19.2 Å². The Morgan fingerprint density at radius 2 is 2.33 bits per heavy atom. The number of carbonyl (C=O) groups excluding carboxylic acids is 1. The normalized spacial score (nSPS) is 18.9. The monoisotopic (exact) mass is 206 g/mol. The van der Waals surface area contributed by atoms with Crippen LogP contribution in [-0.2, 0) is 16.0 Å². The summed E-state index contributed by atoms with van der Waals surface area (Å²) in [5.41, 5.74) is 1.22. The Morgan fingerprint density at radius 1 is 1.53 bits per heavy atom. The van der Waals surface area contributed by atoms with E-state index in [4.69, 9.17) is 4.74 Å². The van der Waals surface area contributed by atoms with E-state index in [2.05, 4.69) is 10.8 Å². The van der Waals surface area contributed by atoms with Crippen LogP contribution in [0.15, 0.2) is 24.3 Å². The van der Waals surface area contributed by atoms with Gasteiger partial charge in [-0.3, -0.25) is 4.79 Å². The molecule has 0 bridgehead atoms. The molecule has 3 nitrogen and oxygen atoms in total. The summed E-state index contributed by atoms with van der Waals surface area (Å²) < 4.78 is 10.3. The van der Waals surface area contributed by atoms with Crippen molar-refractivity contribution in [1.82, 2.24) is 0 Å². The van der Waals surface area contributed by atoms with Crippen molar-refractivity contribution in [3.8, 4) is 5.75 Å². The first kappa shape index (κ1) is 10.0. The summed E-state index contributed by atoms with van der Waals surface area (Å²) in [4.78, 5) is 11.1. The third-order valence-corrected chi connectivity index (χ3v) is 2.62. The summed E-state index contributed by atoms with van der Waals surface area (Å²) in [6.45, 7) is 0. The maximum Gasteiger partial charge on any atom is 0.309 e. The number of benzene rings is 1. The molecule has 0 fully saturated rings. The lowest BCUT2D eigenvalue weighted by atomic mass is 10.0. The van der Waals surface area contributed by atoms with Gasteiger partial charge in [-0.1, -0.05) is 18.2 Å². The van der Waals surface area contributed by atoms with Gasteiger partial charge in [-0.2, -0.15) is 0 Å². The molecule has 2 rings (SSSR count). The van der Waals surface area contributed by atoms with Gasteiger partial charge in [-0.15, -0.1) is 0 Å². The van der Waals surface area contributed by atoms with Gasteiger partial charge < -0.3 is 9.47 Å². The zero-order valence-corrected chi connectivity index (χ0v) is 8.73. The van der Waals surface area contributed by atoms with E-state index in [9.17, 15) is 4.79 Å². The number of aryl methyl sites for hydroxylation is 1. The molecule has 80 valence electrons. The van der Waals surface area contributed by atoms with Crippen LogP contribution in [0.5, 0.6) is 5.75 Å². The number of esters is 1. The Labute approximate surface area is 89.0 Å². The van der Waals surface area contributed by atoms with Gasteiger partial charge >= 0.3 is 5.97 Å². The van der Waals surface area contributed by atoms with E-state index >= 15 is 0 Å². The molecule has 0 N–H and O–H groups in total. The molecular formula is C12H14O3. The molecule has 0 aliphatic carbocycles. The Hall–Kier alpha value is -1.51. The fourth-order valence-corrected chi connectivity index (χ4v) is 1.79. The van der Waals surface area contributed by atoms with Crippen molar-refractivity contribution in [1.29, 1.82) is 0 Å². The molecule has 1 heterocycles. The van der Waals surface area contributed by atoms with Gasteiger partial charge in [0.15, 0.2) is 0 Å². The predicted octanol–water partition coefficient (Wildman–Crippen LogP) is 1.94. The van der Waals surface area contributed by atoms with E-state index < -0.39 is 0 Å². The zero-order valence-electron chi connectivity index (χ0n) is 8.73. The number of hydrogen-bond acceptors (Lipinski definition) is 3. The lowest BCUT2D eigenvalue weighted by Crippen LogP contribution is -2.26. The highest BCUT2D eigenvalue weighted by Gasteiger charge is 2.21. The predicted molar refractivity (Wildman–Crippen MR) is 55.8 cm³/mol. The molecule has 0 saturated carbocycles. The Kier molecular flexibility index (Phi) is 2.90. The standard InChI is InChI=1S/C12H14O3/c1-14-12(13)8-10-7-6-9-4-2-3-5-11(9)15-10/h2-5,10H,6-8H2,1H3/t10-/m0/s1. The van der Waals surface area contributed by atoms with E-state index in [0.29, 0.717) is 6.42 Å². The molecule has 0 unspecified atom stereocenters. The largest absolute Gasteiger partial charge is 0.490 e. The van der Waals surface area contributed by atoms with Crippen LogP contribution in [0.1, 0.15) is 18.4 Å². The first-order valence-electron chi connectivity index (χ1n) is 5.11. The summed E-state index contributed by atoms with van der Waals surface area (Å²) in [6, 6.07) is 7.95.